The Balaban J connectivity index is 1.35. The van der Waals surface area contributed by atoms with Crippen molar-refractivity contribution in [3.8, 4) is 0 Å². The van der Waals surface area contributed by atoms with Gasteiger partial charge in [0, 0.05) is 24.9 Å². The van der Waals surface area contributed by atoms with Crippen molar-refractivity contribution in [2.24, 2.45) is 5.92 Å². The quantitative estimate of drug-likeness (QED) is 0.835. The summed E-state index contributed by atoms with van der Waals surface area (Å²) in [6, 6.07) is 3.50. The number of hydrogen-bond donors (Lipinski definition) is 1. The second-order valence-corrected chi connectivity index (χ2v) is 7.37. The van der Waals surface area contributed by atoms with Crippen molar-refractivity contribution in [3.05, 3.63) is 35.9 Å². The van der Waals surface area contributed by atoms with Gasteiger partial charge in [-0.1, -0.05) is 13.3 Å². The van der Waals surface area contributed by atoms with Crippen LogP contribution >= 0.6 is 0 Å². The average Bonchev–Trinajstić information content (AvgIpc) is 3.27. The Bertz CT molecular complexity index is 808. The van der Waals surface area contributed by atoms with Gasteiger partial charge in [0.2, 0.25) is 11.8 Å². The first-order valence-corrected chi connectivity index (χ1v) is 9.77. The Morgan fingerprint density at radius 2 is 2.19 bits per heavy atom. The molecular formula is C19H26N6O2. The minimum Gasteiger partial charge on any atom is -0.349 e. The van der Waals surface area contributed by atoms with Crippen molar-refractivity contribution in [3.63, 3.8) is 0 Å². The van der Waals surface area contributed by atoms with E-state index in [2.05, 4.69) is 15.5 Å². The number of nitrogens with one attached hydrogen (secondary N) is 1. The zero-order chi connectivity index (χ0) is 18.8. The van der Waals surface area contributed by atoms with E-state index in [4.69, 9.17) is 0 Å². The number of nitrogens with zero attached hydrogens (tertiary/aromatic N) is 5. The maximum Gasteiger partial charge on any atom is 0.245 e. The fourth-order valence-electron chi connectivity index (χ4n) is 3.77. The summed E-state index contributed by atoms with van der Waals surface area (Å²) in [6.07, 6.45) is 7.38. The highest BCUT2D eigenvalue weighted by Crippen LogP contribution is 2.29. The Kier molecular flexibility index (Phi) is 4.96. The van der Waals surface area contributed by atoms with E-state index < -0.39 is 0 Å². The molecule has 1 unspecified atom stereocenters. The lowest BCUT2D eigenvalue weighted by Gasteiger charge is -2.34. The molecule has 1 N–H and O–H groups in total. The topological polar surface area (TPSA) is 85.0 Å². The van der Waals surface area contributed by atoms with Gasteiger partial charge in [0.1, 0.15) is 6.04 Å². The molecule has 144 valence electrons. The van der Waals surface area contributed by atoms with E-state index in [9.17, 15) is 9.59 Å². The van der Waals surface area contributed by atoms with Crippen LogP contribution in [0, 0.1) is 5.92 Å². The van der Waals surface area contributed by atoms with Crippen LogP contribution in [0.3, 0.4) is 0 Å². The molecular weight excluding hydrogens is 344 g/mol. The van der Waals surface area contributed by atoms with Gasteiger partial charge < -0.3 is 10.2 Å². The summed E-state index contributed by atoms with van der Waals surface area (Å²) in [6.45, 7) is 4.39. The van der Waals surface area contributed by atoms with Crippen LogP contribution in [-0.4, -0.2) is 42.8 Å². The fourth-order valence-corrected chi connectivity index (χ4v) is 3.77. The molecule has 2 amide bonds. The highest BCUT2D eigenvalue weighted by molar-refractivity contribution is 5.80. The molecule has 8 heteroatoms. The van der Waals surface area contributed by atoms with Crippen LogP contribution in [0.2, 0.25) is 0 Å². The average molecular weight is 370 g/mol. The molecule has 1 aliphatic heterocycles. The van der Waals surface area contributed by atoms with Gasteiger partial charge in [0.15, 0.2) is 0 Å². The van der Waals surface area contributed by atoms with Crippen molar-refractivity contribution in [1.82, 2.24) is 29.8 Å². The zero-order valence-electron chi connectivity index (χ0n) is 15.7. The highest BCUT2D eigenvalue weighted by Gasteiger charge is 2.31. The van der Waals surface area contributed by atoms with Crippen molar-refractivity contribution in [2.45, 2.75) is 58.3 Å². The van der Waals surface area contributed by atoms with Gasteiger partial charge in [-0.2, -0.15) is 10.2 Å². The number of rotatable bonds is 6. The van der Waals surface area contributed by atoms with Gasteiger partial charge >= 0.3 is 0 Å². The smallest absolute Gasteiger partial charge is 0.245 e. The maximum absolute atomic E-state index is 12.5. The molecule has 2 aliphatic rings. The molecule has 2 aromatic heterocycles. The number of amides is 2. The van der Waals surface area contributed by atoms with Gasteiger partial charge in [0.05, 0.1) is 31.0 Å². The van der Waals surface area contributed by atoms with Crippen LogP contribution in [0.5, 0.6) is 0 Å². The molecule has 0 saturated heterocycles. The molecule has 27 heavy (non-hydrogen) atoms. The minimum atomic E-state index is -0.312. The van der Waals surface area contributed by atoms with Crippen LogP contribution in [0.15, 0.2) is 24.5 Å². The molecule has 0 spiro atoms. The molecule has 1 atom stereocenters. The van der Waals surface area contributed by atoms with Crippen LogP contribution < -0.4 is 5.32 Å². The van der Waals surface area contributed by atoms with Crippen molar-refractivity contribution in [1.29, 1.82) is 0 Å². The number of aromatic nitrogens is 4. The first kappa shape index (κ1) is 17.8. The predicted octanol–water partition coefficient (Wildman–Crippen LogP) is 1.49. The zero-order valence-corrected chi connectivity index (χ0v) is 15.7. The van der Waals surface area contributed by atoms with Gasteiger partial charge in [-0.25, -0.2) is 0 Å². The maximum atomic E-state index is 12.5. The number of hydrogen-bond acceptors (Lipinski definition) is 4. The summed E-state index contributed by atoms with van der Waals surface area (Å²) in [4.78, 5) is 26.9. The lowest BCUT2D eigenvalue weighted by atomic mass is 9.84. The van der Waals surface area contributed by atoms with E-state index in [1.54, 1.807) is 17.1 Å². The monoisotopic (exact) mass is 370 g/mol. The lowest BCUT2D eigenvalue weighted by molar-refractivity contribution is -0.139. The van der Waals surface area contributed by atoms with Gasteiger partial charge in [0.25, 0.3) is 0 Å². The van der Waals surface area contributed by atoms with Gasteiger partial charge in [-0.3, -0.25) is 19.0 Å². The van der Waals surface area contributed by atoms with Crippen molar-refractivity contribution >= 4 is 11.8 Å². The standard InChI is InChI=1S/C19H26N6O2/c1-2-17(25-8-4-7-21-25)18(26)20-12-15-11-16-13-23(9-10-24(16)22-15)19(27)14-5-3-6-14/h4,7-8,11,14,17H,2-3,5-6,9-10,12-13H2,1H3,(H,20,26). The molecule has 8 nitrogen and oxygen atoms in total. The number of carbonyl (C=O) groups is 2. The second kappa shape index (κ2) is 7.54. The van der Waals surface area contributed by atoms with E-state index in [0.717, 1.165) is 24.2 Å². The van der Waals surface area contributed by atoms with Gasteiger partial charge in [-0.05, 0) is 31.4 Å². The van der Waals surface area contributed by atoms with E-state index >= 15 is 0 Å². The van der Waals surface area contributed by atoms with E-state index in [1.165, 1.54) is 6.42 Å². The van der Waals surface area contributed by atoms with E-state index in [-0.39, 0.29) is 23.8 Å². The Hall–Kier alpha value is -2.64. The lowest BCUT2D eigenvalue weighted by Crippen LogP contribution is -2.43. The van der Waals surface area contributed by atoms with Gasteiger partial charge in [-0.15, -0.1) is 0 Å². The Labute approximate surface area is 158 Å². The summed E-state index contributed by atoms with van der Waals surface area (Å²) < 4.78 is 3.63. The third kappa shape index (κ3) is 3.61. The van der Waals surface area contributed by atoms with Crippen LogP contribution in [0.25, 0.3) is 0 Å². The van der Waals surface area contributed by atoms with E-state index in [1.807, 2.05) is 28.6 Å². The normalized spacial score (nSPS) is 17.9. The number of carbonyl (C=O) groups excluding carboxylic acids is 2. The largest absolute Gasteiger partial charge is 0.349 e. The number of fused-ring (bicyclic) bond motifs is 1. The third-order valence-electron chi connectivity index (χ3n) is 5.59. The summed E-state index contributed by atoms with van der Waals surface area (Å²) in [5, 5.41) is 11.7. The Morgan fingerprint density at radius 1 is 1.33 bits per heavy atom. The van der Waals surface area contributed by atoms with Crippen molar-refractivity contribution in [2.75, 3.05) is 6.54 Å². The molecule has 0 bridgehead atoms. The molecule has 1 saturated carbocycles. The summed E-state index contributed by atoms with van der Waals surface area (Å²) in [5.74, 6) is 0.453. The molecule has 0 aromatic carbocycles. The molecule has 1 fully saturated rings. The minimum absolute atomic E-state index is 0.0611. The summed E-state index contributed by atoms with van der Waals surface area (Å²) in [7, 11) is 0. The second-order valence-electron chi connectivity index (χ2n) is 7.37. The van der Waals surface area contributed by atoms with Crippen LogP contribution in [0.4, 0.5) is 0 Å². The third-order valence-corrected chi connectivity index (χ3v) is 5.59. The molecule has 2 aromatic rings. The highest BCUT2D eigenvalue weighted by atomic mass is 16.2. The molecule has 1 aliphatic carbocycles. The molecule has 4 rings (SSSR count). The summed E-state index contributed by atoms with van der Waals surface area (Å²) in [5.41, 5.74) is 1.86. The fraction of sp³-hybridized carbons (Fsp3) is 0.579. The summed E-state index contributed by atoms with van der Waals surface area (Å²) >= 11 is 0. The SMILES string of the molecule is CCC(C(=O)NCc1cc2n(n1)CCN(C(=O)C1CCC1)C2)n1cccn1. The molecule has 3 heterocycles. The first-order valence-electron chi connectivity index (χ1n) is 9.77. The van der Waals surface area contributed by atoms with E-state index in [0.29, 0.717) is 32.6 Å². The molecule has 0 radical (unpaired) electrons. The first-order chi connectivity index (χ1) is 13.2. The van der Waals surface area contributed by atoms with Crippen molar-refractivity contribution < 1.29 is 9.59 Å². The predicted molar refractivity (Wildman–Crippen MR) is 98.4 cm³/mol. The van der Waals surface area contributed by atoms with Crippen LogP contribution in [0.1, 0.15) is 50.0 Å². The Morgan fingerprint density at radius 3 is 2.85 bits per heavy atom. The van der Waals surface area contributed by atoms with Crippen LogP contribution in [-0.2, 0) is 29.2 Å².